The van der Waals surface area contributed by atoms with Crippen molar-refractivity contribution in [1.29, 1.82) is 0 Å². The average molecular weight is 606 g/mol. The van der Waals surface area contributed by atoms with Crippen molar-refractivity contribution in [2.24, 2.45) is 0 Å². The van der Waals surface area contributed by atoms with Gasteiger partial charge in [-0.05, 0) is 58.3 Å². The lowest BCUT2D eigenvalue weighted by Crippen LogP contribution is -2.50. The molecule has 0 fully saturated rings. The molecule has 1 aliphatic heterocycles. The quantitative estimate of drug-likeness (QED) is 0.187. The summed E-state index contributed by atoms with van der Waals surface area (Å²) in [5, 5.41) is 5.15. The Balaban J connectivity index is 1.21. The lowest BCUT2D eigenvalue weighted by Gasteiger charge is -2.19. The molecule has 0 amide bonds. The molecule has 0 saturated heterocycles. The molecule has 8 aromatic rings. The molecule has 0 unspecified atom stereocenters. The van der Waals surface area contributed by atoms with Crippen molar-refractivity contribution >= 4 is 40.4 Å². The molecule has 0 spiro atoms. The first-order valence-electron chi connectivity index (χ1n) is 15.9. The minimum absolute atomic E-state index is 0.787. The predicted octanol–water partition coefficient (Wildman–Crippen LogP) is 9.38. The molecule has 2 aromatic heterocycles. The van der Waals surface area contributed by atoms with Crippen LogP contribution in [0.15, 0.2) is 152 Å². The fourth-order valence-electron chi connectivity index (χ4n) is 7.32. The van der Waals surface area contributed by atoms with Crippen LogP contribution in [0.4, 0.5) is 0 Å². The summed E-state index contributed by atoms with van der Waals surface area (Å²) < 4.78 is 2.36. The number of fused-ring (bicyclic) bond motifs is 6. The van der Waals surface area contributed by atoms with Gasteiger partial charge < -0.3 is 4.57 Å². The van der Waals surface area contributed by atoms with Gasteiger partial charge in [-0.25, -0.2) is 9.97 Å². The molecule has 218 valence electrons. The number of para-hydroxylation sites is 2. The zero-order chi connectivity index (χ0) is 30.8. The summed E-state index contributed by atoms with van der Waals surface area (Å²) in [6, 6.07) is 54.3. The maximum Gasteiger partial charge on any atom is 0.159 e. The van der Waals surface area contributed by atoms with E-state index in [1.165, 1.54) is 54.7 Å². The van der Waals surface area contributed by atoms with E-state index in [9.17, 15) is 0 Å². The summed E-state index contributed by atoms with van der Waals surface area (Å²) in [5.41, 5.74) is 11.6. The third-order valence-corrected chi connectivity index (χ3v) is 12.9. The minimum Gasteiger partial charge on any atom is -0.309 e. The van der Waals surface area contributed by atoms with Crippen LogP contribution in [-0.2, 0) is 0 Å². The fraction of sp³-hybridized carbons (Fsp3) is 0.0476. The third kappa shape index (κ3) is 4.04. The van der Waals surface area contributed by atoms with Crippen LogP contribution in [0.1, 0.15) is 0 Å². The molecule has 0 radical (unpaired) electrons. The Morgan fingerprint density at radius 2 is 1.15 bits per heavy atom. The lowest BCUT2D eigenvalue weighted by atomic mass is 9.99. The maximum atomic E-state index is 5.39. The maximum absolute atomic E-state index is 5.39. The van der Waals surface area contributed by atoms with Crippen molar-refractivity contribution < 1.29 is 0 Å². The summed E-state index contributed by atoms with van der Waals surface area (Å²) >= 11 is 0. The molecule has 3 heterocycles. The van der Waals surface area contributed by atoms with Crippen LogP contribution in [0.3, 0.4) is 0 Å². The topological polar surface area (TPSA) is 30.7 Å². The van der Waals surface area contributed by atoms with Gasteiger partial charge in [0.2, 0.25) is 0 Å². The third-order valence-electron chi connectivity index (χ3n) is 9.56. The minimum atomic E-state index is -2.02. The molecule has 0 atom stereocenters. The molecule has 1 aliphatic rings. The molecular weight excluding hydrogens is 575 g/mol. The van der Waals surface area contributed by atoms with Gasteiger partial charge in [0, 0.05) is 38.5 Å². The smallest absolute Gasteiger partial charge is 0.159 e. The van der Waals surface area contributed by atoms with Gasteiger partial charge in [-0.1, -0.05) is 128 Å². The van der Waals surface area contributed by atoms with Gasteiger partial charge in [0.05, 0.1) is 16.7 Å². The van der Waals surface area contributed by atoms with Crippen molar-refractivity contribution in [3.05, 3.63) is 152 Å². The van der Waals surface area contributed by atoms with Crippen molar-refractivity contribution in [3.63, 3.8) is 0 Å². The first kappa shape index (κ1) is 26.8. The van der Waals surface area contributed by atoms with Gasteiger partial charge in [0.15, 0.2) is 5.82 Å². The van der Waals surface area contributed by atoms with Crippen LogP contribution in [0.2, 0.25) is 13.1 Å². The van der Waals surface area contributed by atoms with E-state index in [2.05, 4.69) is 169 Å². The molecule has 4 heteroatoms. The van der Waals surface area contributed by atoms with Gasteiger partial charge in [-0.15, -0.1) is 0 Å². The second-order valence-electron chi connectivity index (χ2n) is 12.7. The van der Waals surface area contributed by atoms with E-state index in [-0.39, 0.29) is 0 Å². The van der Waals surface area contributed by atoms with E-state index in [0.717, 1.165) is 28.2 Å². The van der Waals surface area contributed by atoms with Crippen LogP contribution in [0.25, 0.3) is 72.4 Å². The summed E-state index contributed by atoms with van der Waals surface area (Å²) in [6.45, 7) is 4.83. The Morgan fingerprint density at radius 3 is 2.00 bits per heavy atom. The molecule has 0 N–H and O–H groups in total. The monoisotopic (exact) mass is 605 g/mol. The van der Waals surface area contributed by atoms with Crippen molar-refractivity contribution in [1.82, 2.24) is 14.5 Å². The van der Waals surface area contributed by atoms with Crippen LogP contribution >= 0.6 is 0 Å². The molecule has 9 rings (SSSR count). The summed E-state index contributed by atoms with van der Waals surface area (Å²) in [4.78, 5) is 10.7. The molecule has 0 bridgehead atoms. The van der Waals surface area contributed by atoms with E-state index in [1.807, 2.05) is 0 Å². The van der Waals surface area contributed by atoms with E-state index < -0.39 is 8.07 Å². The summed E-state index contributed by atoms with van der Waals surface area (Å²) in [5.74, 6) is 0.787. The highest BCUT2D eigenvalue weighted by molar-refractivity contribution is 7.03. The van der Waals surface area contributed by atoms with Crippen LogP contribution in [0, 0.1) is 0 Å². The SMILES string of the molecule is C[Si]1(C)c2ccccc2-c2c(-c3ccccc3)nc(-c3cccc(-c4ccc5c(c4)c4ccccc4n5-c4ccccc4)c3)nc21. The normalized spacial score (nSPS) is 13.2. The first-order chi connectivity index (χ1) is 22.6. The molecule has 3 nitrogen and oxygen atoms in total. The van der Waals surface area contributed by atoms with Crippen molar-refractivity contribution in [2.75, 3.05) is 0 Å². The molecule has 0 saturated carbocycles. The van der Waals surface area contributed by atoms with Gasteiger partial charge in [0.1, 0.15) is 8.07 Å². The highest BCUT2D eigenvalue weighted by Crippen LogP contribution is 2.38. The van der Waals surface area contributed by atoms with Crippen LogP contribution in [0.5, 0.6) is 0 Å². The largest absolute Gasteiger partial charge is 0.309 e. The molecular formula is C42H31N3Si. The number of benzene rings is 6. The average Bonchev–Trinajstić information content (AvgIpc) is 3.57. The number of hydrogen-bond acceptors (Lipinski definition) is 2. The zero-order valence-electron chi connectivity index (χ0n) is 25.8. The second kappa shape index (κ2) is 10.2. The van der Waals surface area contributed by atoms with E-state index in [4.69, 9.17) is 9.97 Å². The molecule has 46 heavy (non-hydrogen) atoms. The number of nitrogens with zero attached hydrogens (tertiary/aromatic N) is 3. The van der Waals surface area contributed by atoms with Crippen LogP contribution in [-0.4, -0.2) is 22.6 Å². The van der Waals surface area contributed by atoms with Crippen molar-refractivity contribution in [3.8, 4) is 50.6 Å². The predicted molar refractivity (Wildman–Crippen MR) is 195 cm³/mol. The Labute approximate surface area is 269 Å². The standard InChI is InChI=1S/C42H31N3Si/c1-46(2)38-23-12-10-21-34(38)39-40(28-14-5-3-6-15-28)43-41(44-42(39)46)31-17-13-16-29(26-31)30-24-25-37-35(27-30)33-20-9-11-22-36(33)45(37)32-18-7-4-8-19-32/h3-27H,1-2H3. The van der Waals surface area contributed by atoms with E-state index >= 15 is 0 Å². The first-order valence-corrected chi connectivity index (χ1v) is 18.9. The second-order valence-corrected chi connectivity index (χ2v) is 16.9. The Kier molecular flexibility index (Phi) is 5.96. The van der Waals surface area contributed by atoms with Gasteiger partial charge in [-0.2, -0.15) is 0 Å². The van der Waals surface area contributed by atoms with Gasteiger partial charge >= 0.3 is 0 Å². The number of rotatable bonds is 4. The Bertz CT molecular complexity index is 2440. The van der Waals surface area contributed by atoms with Crippen molar-refractivity contribution in [2.45, 2.75) is 13.1 Å². The van der Waals surface area contributed by atoms with Gasteiger partial charge in [0.25, 0.3) is 0 Å². The molecule has 0 aliphatic carbocycles. The van der Waals surface area contributed by atoms with Crippen LogP contribution < -0.4 is 10.5 Å². The number of aromatic nitrogens is 3. The van der Waals surface area contributed by atoms with Gasteiger partial charge in [-0.3, -0.25) is 0 Å². The fourth-order valence-corrected chi connectivity index (χ4v) is 10.2. The summed E-state index contributed by atoms with van der Waals surface area (Å²) in [7, 11) is -2.02. The Hall–Kier alpha value is -5.58. The van der Waals surface area contributed by atoms with E-state index in [1.54, 1.807) is 0 Å². The zero-order valence-corrected chi connectivity index (χ0v) is 26.8. The number of hydrogen-bond donors (Lipinski definition) is 0. The molecule has 6 aromatic carbocycles. The lowest BCUT2D eigenvalue weighted by molar-refractivity contribution is 1.18. The highest BCUT2D eigenvalue weighted by atomic mass is 28.3. The van der Waals surface area contributed by atoms with E-state index in [0.29, 0.717) is 0 Å². The summed E-state index contributed by atoms with van der Waals surface area (Å²) in [6.07, 6.45) is 0. The highest BCUT2D eigenvalue weighted by Gasteiger charge is 2.41. The Morgan fingerprint density at radius 1 is 0.500 bits per heavy atom.